The summed E-state index contributed by atoms with van der Waals surface area (Å²) in [5, 5.41) is 0. The molecule has 0 aliphatic heterocycles. The average Bonchev–Trinajstić information content (AvgIpc) is 2.31. The van der Waals surface area contributed by atoms with Gasteiger partial charge in [0.15, 0.2) is 0 Å². The lowest BCUT2D eigenvalue weighted by Crippen LogP contribution is -1.99. The Hall–Kier alpha value is -1.09. The van der Waals surface area contributed by atoms with Gasteiger partial charge in [-0.25, -0.2) is 8.57 Å². The van der Waals surface area contributed by atoms with E-state index >= 15 is 0 Å². The molecule has 1 aromatic rings. The smallest absolute Gasteiger partial charge is 0.0768 e. The molecule has 0 heterocycles. The molecule has 16 heavy (non-hydrogen) atoms. The highest BCUT2D eigenvalue weighted by molar-refractivity contribution is 7.93. The standard InChI is InChI=1S/C13H17NOS/c1-16(15,13-10-6-3-7-11-13)14-12-8-4-2-5-9-12/h3,6-8,10-11H,2,4-5,9H2,1H3. The summed E-state index contributed by atoms with van der Waals surface area (Å²) in [6, 6.07) is 9.51. The predicted octanol–water partition coefficient (Wildman–Crippen LogP) is 3.60. The Kier molecular flexibility index (Phi) is 3.44. The third kappa shape index (κ3) is 2.73. The fraction of sp³-hybridized carbons (Fsp3) is 0.385. The Labute approximate surface area is 97.6 Å². The molecule has 0 radical (unpaired) electrons. The third-order valence-corrected chi connectivity index (χ3v) is 4.47. The summed E-state index contributed by atoms with van der Waals surface area (Å²) in [5.74, 6) is 0. The lowest BCUT2D eigenvalue weighted by molar-refractivity contribution is 0.673. The molecular weight excluding hydrogens is 218 g/mol. The molecule has 0 bridgehead atoms. The summed E-state index contributed by atoms with van der Waals surface area (Å²) in [7, 11) is -2.25. The monoisotopic (exact) mass is 235 g/mol. The predicted molar refractivity (Wildman–Crippen MR) is 67.8 cm³/mol. The van der Waals surface area contributed by atoms with Gasteiger partial charge in [0.25, 0.3) is 0 Å². The van der Waals surface area contributed by atoms with Gasteiger partial charge in [0, 0.05) is 16.8 Å². The van der Waals surface area contributed by atoms with Crippen LogP contribution < -0.4 is 0 Å². The minimum Gasteiger partial charge on any atom is -0.245 e. The van der Waals surface area contributed by atoms with Gasteiger partial charge in [0.2, 0.25) is 0 Å². The first-order chi connectivity index (χ1) is 7.68. The fourth-order valence-corrected chi connectivity index (χ4v) is 3.23. The van der Waals surface area contributed by atoms with Crippen LogP contribution in [0.4, 0.5) is 0 Å². The summed E-state index contributed by atoms with van der Waals surface area (Å²) >= 11 is 0. The molecule has 0 saturated heterocycles. The zero-order valence-electron chi connectivity index (χ0n) is 9.56. The van der Waals surface area contributed by atoms with Crippen molar-refractivity contribution in [2.45, 2.75) is 30.6 Å². The first kappa shape index (κ1) is 11.4. The van der Waals surface area contributed by atoms with Crippen LogP contribution in [0.25, 0.3) is 0 Å². The van der Waals surface area contributed by atoms with Crippen molar-refractivity contribution in [2.24, 2.45) is 4.36 Å². The second-order valence-electron chi connectivity index (χ2n) is 4.15. The number of hydrogen-bond acceptors (Lipinski definition) is 2. The second-order valence-corrected chi connectivity index (χ2v) is 6.41. The zero-order valence-corrected chi connectivity index (χ0v) is 10.4. The van der Waals surface area contributed by atoms with Crippen LogP contribution in [-0.2, 0) is 9.73 Å². The van der Waals surface area contributed by atoms with E-state index in [2.05, 4.69) is 10.4 Å². The van der Waals surface area contributed by atoms with Crippen LogP contribution in [-0.4, -0.2) is 10.5 Å². The maximum absolute atomic E-state index is 12.4. The molecule has 0 amide bonds. The molecule has 1 atom stereocenters. The lowest BCUT2D eigenvalue weighted by Gasteiger charge is -2.10. The van der Waals surface area contributed by atoms with Crippen molar-refractivity contribution in [3.8, 4) is 0 Å². The van der Waals surface area contributed by atoms with Crippen molar-refractivity contribution >= 4 is 9.73 Å². The highest BCUT2D eigenvalue weighted by Gasteiger charge is 2.08. The van der Waals surface area contributed by atoms with E-state index in [0.29, 0.717) is 0 Å². The maximum Gasteiger partial charge on any atom is 0.0768 e. The SMILES string of the molecule is CS(=O)(=NC1=CCCCC1)c1ccccc1. The van der Waals surface area contributed by atoms with Gasteiger partial charge in [0.1, 0.15) is 0 Å². The van der Waals surface area contributed by atoms with Gasteiger partial charge in [-0.05, 0) is 37.8 Å². The molecule has 0 N–H and O–H groups in total. The van der Waals surface area contributed by atoms with Gasteiger partial charge >= 0.3 is 0 Å². The van der Waals surface area contributed by atoms with Gasteiger partial charge in [-0.2, -0.15) is 0 Å². The van der Waals surface area contributed by atoms with Crippen molar-refractivity contribution in [3.63, 3.8) is 0 Å². The summed E-state index contributed by atoms with van der Waals surface area (Å²) in [5.41, 5.74) is 1.02. The van der Waals surface area contributed by atoms with Crippen molar-refractivity contribution in [2.75, 3.05) is 6.26 Å². The molecule has 0 saturated carbocycles. The van der Waals surface area contributed by atoms with E-state index in [1.165, 1.54) is 12.8 Å². The largest absolute Gasteiger partial charge is 0.245 e. The van der Waals surface area contributed by atoms with Crippen molar-refractivity contribution in [1.82, 2.24) is 0 Å². The number of hydrogen-bond donors (Lipinski definition) is 0. The van der Waals surface area contributed by atoms with E-state index in [1.807, 2.05) is 30.3 Å². The topological polar surface area (TPSA) is 29.4 Å². The van der Waals surface area contributed by atoms with Gasteiger partial charge in [0.05, 0.1) is 9.73 Å². The molecule has 0 spiro atoms. The molecule has 1 aliphatic rings. The minimum absolute atomic E-state index is 0.821. The van der Waals surface area contributed by atoms with Gasteiger partial charge < -0.3 is 0 Å². The van der Waals surface area contributed by atoms with E-state index < -0.39 is 9.73 Å². The molecule has 0 fully saturated rings. The second kappa shape index (κ2) is 4.83. The Morgan fingerprint density at radius 3 is 2.56 bits per heavy atom. The summed E-state index contributed by atoms with van der Waals surface area (Å²) < 4.78 is 16.9. The van der Waals surface area contributed by atoms with Gasteiger partial charge in [-0.15, -0.1) is 0 Å². The first-order valence-electron chi connectivity index (χ1n) is 5.65. The van der Waals surface area contributed by atoms with Crippen molar-refractivity contribution in [1.29, 1.82) is 0 Å². The van der Waals surface area contributed by atoms with Crippen molar-refractivity contribution < 1.29 is 4.21 Å². The van der Waals surface area contributed by atoms with Crippen LogP contribution in [0.2, 0.25) is 0 Å². The molecule has 1 aliphatic carbocycles. The van der Waals surface area contributed by atoms with E-state index in [-0.39, 0.29) is 0 Å². The Morgan fingerprint density at radius 2 is 1.94 bits per heavy atom. The quantitative estimate of drug-likeness (QED) is 0.770. The molecule has 2 rings (SSSR count). The minimum atomic E-state index is -2.25. The molecule has 1 aromatic carbocycles. The molecule has 1 unspecified atom stereocenters. The van der Waals surface area contributed by atoms with Crippen LogP contribution in [0.1, 0.15) is 25.7 Å². The highest BCUT2D eigenvalue weighted by Crippen LogP contribution is 2.21. The number of allylic oxidation sites excluding steroid dienone is 2. The number of nitrogens with zero attached hydrogens (tertiary/aromatic N) is 1. The van der Waals surface area contributed by atoms with Crippen LogP contribution in [0.15, 0.2) is 51.4 Å². The maximum atomic E-state index is 12.4. The Bertz CT molecular complexity index is 496. The average molecular weight is 235 g/mol. The van der Waals surface area contributed by atoms with E-state index in [0.717, 1.165) is 23.4 Å². The molecule has 2 nitrogen and oxygen atoms in total. The lowest BCUT2D eigenvalue weighted by atomic mass is 10.1. The third-order valence-electron chi connectivity index (χ3n) is 2.74. The van der Waals surface area contributed by atoms with E-state index in [9.17, 15) is 4.21 Å². The van der Waals surface area contributed by atoms with Crippen LogP contribution >= 0.6 is 0 Å². The molecule has 86 valence electrons. The van der Waals surface area contributed by atoms with Crippen LogP contribution in [0.3, 0.4) is 0 Å². The highest BCUT2D eigenvalue weighted by atomic mass is 32.2. The Balaban J connectivity index is 2.35. The van der Waals surface area contributed by atoms with Gasteiger partial charge in [-0.3, -0.25) is 0 Å². The van der Waals surface area contributed by atoms with E-state index in [1.54, 1.807) is 6.26 Å². The number of rotatable bonds is 2. The number of benzene rings is 1. The van der Waals surface area contributed by atoms with Crippen LogP contribution in [0.5, 0.6) is 0 Å². The summed E-state index contributed by atoms with van der Waals surface area (Å²) in [6.07, 6.45) is 8.28. The molecule has 3 heteroatoms. The zero-order chi connectivity index (χ0) is 11.4. The first-order valence-corrected chi connectivity index (χ1v) is 7.57. The Morgan fingerprint density at radius 1 is 1.19 bits per heavy atom. The van der Waals surface area contributed by atoms with Crippen molar-refractivity contribution in [3.05, 3.63) is 42.1 Å². The fourth-order valence-electron chi connectivity index (χ4n) is 1.85. The summed E-state index contributed by atoms with van der Waals surface area (Å²) in [6.45, 7) is 0. The van der Waals surface area contributed by atoms with E-state index in [4.69, 9.17) is 0 Å². The normalized spacial score (nSPS) is 19.7. The summed E-state index contributed by atoms with van der Waals surface area (Å²) in [4.78, 5) is 0.821. The molecule has 0 aromatic heterocycles. The van der Waals surface area contributed by atoms with Gasteiger partial charge in [-0.1, -0.05) is 24.3 Å². The molecular formula is C13H17NOS. The van der Waals surface area contributed by atoms with Crippen LogP contribution in [0, 0.1) is 0 Å².